The minimum absolute atomic E-state index is 0.174. The molecule has 0 radical (unpaired) electrons. The second kappa shape index (κ2) is 8.63. The minimum atomic E-state index is -0.296. The number of imide groups is 1. The van der Waals surface area contributed by atoms with Crippen molar-refractivity contribution < 1.29 is 14.4 Å². The Kier molecular flexibility index (Phi) is 6.21. The molecule has 0 saturated carbocycles. The molecule has 3 amide bonds. The van der Waals surface area contributed by atoms with Crippen LogP contribution in [0.4, 0.5) is 5.69 Å². The fourth-order valence-corrected chi connectivity index (χ4v) is 4.01. The van der Waals surface area contributed by atoms with Crippen LogP contribution in [0.1, 0.15) is 25.8 Å². The van der Waals surface area contributed by atoms with Crippen LogP contribution in [0.25, 0.3) is 5.57 Å². The molecule has 144 valence electrons. The molecule has 0 aromatic heterocycles. The van der Waals surface area contributed by atoms with Gasteiger partial charge in [0.1, 0.15) is 0 Å². The summed E-state index contributed by atoms with van der Waals surface area (Å²) < 4.78 is 0. The van der Waals surface area contributed by atoms with E-state index in [1.807, 2.05) is 19.1 Å². The van der Waals surface area contributed by atoms with Gasteiger partial charge in [-0.3, -0.25) is 19.3 Å². The first-order valence-electron chi connectivity index (χ1n) is 8.82. The summed E-state index contributed by atoms with van der Waals surface area (Å²) in [4.78, 5) is 39.6. The molecule has 1 aliphatic heterocycles. The number of hydrogen-bond acceptors (Lipinski definition) is 4. The second-order valence-corrected chi connectivity index (χ2v) is 7.80. The molecular weight excluding hydrogens is 396 g/mol. The van der Waals surface area contributed by atoms with E-state index in [1.165, 1.54) is 23.6 Å². The summed E-state index contributed by atoms with van der Waals surface area (Å²) in [6.07, 6.45) is 0.686. The van der Waals surface area contributed by atoms with Crippen LogP contribution < -0.4 is 5.32 Å². The number of rotatable bonds is 6. The Bertz CT molecular complexity index is 953. The molecule has 5 nitrogen and oxygen atoms in total. The molecule has 0 bridgehead atoms. The standard InChI is InChI=1S/C21H19ClN2O3S/c1-3-12-24-20(26)18(14-4-8-16(9-5-14)23-13(2)25)19(21(24)27)28-17-10-6-15(22)7-11-17/h4-11H,3,12H2,1-2H3,(H,23,25). The van der Waals surface area contributed by atoms with Crippen molar-refractivity contribution in [1.29, 1.82) is 0 Å². The van der Waals surface area contributed by atoms with Gasteiger partial charge in [-0.15, -0.1) is 0 Å². The number of halogens is 1. The maximum Gasteiger partial charge on any atom is 0.268 e. The summed E-state index contributed by atoms with van der Waals surface area (Å²) in [6.45, 7) is 3.72. The molecule has 0 saturated heterocycles. The van der Waals surface area contributed by atoms with Crippen LogP contribution in [-0.4, -0.2) is 29.2 Å². The fraction of sp³-hybridized carbons (Fsp3) is 0.190. The number of nitrogens with zero attached hydrogens (tertiary/aromatic N) is 1. The highest BCUT2D eigenvalue weighted by Gasteiger charge is 2.38. The second-order valence-electron chi connectivity index (χ2n) is 6.28. The van der Waals surface area contributed by atoms with Crippen molar-refractivity contribution in [3.8, 4) is 0 Å². The molecule has 0 aliphatic carbocycles. The van der Waals surface area contributed by atoms with Gasteiger partial charge in [-0.25, -0.2) is 0 Å². The summed E-state index contributed by atoms with van der Waals surface area (Å²) in [5, 5.41) is 3.30. The van der Waals surface area contributed by atoms with Crippen LogP contribution in [0, 0.1) is 0 Å². The van der Waals surface area contributed by atoms with Gasteiger partial charge in [-0.1, -0.05) is 42.4 Å². The van der Waals surface area contributed by atoms with E-state index in [2.05, 4.69) is 5.32 Å². The summed E-state index contributed by atoms with van der Waals surface area (Å²) in [5.74, 6) is -0.754. The Morgan fingerprint density at radius 2 is 1.68 bits per heavy atom. The lowest BCUT2D eigenvalue weighted by Gasteiger charge is -2.13. The van der Waals surface area contributed by atoms with Crippen LogP contribution in [-0.2, 0) is 14.4 Å². The molecule has 28 heavy (non-hydrogen) atoms. The van der Waals surface area contributed by atoms with Crippen LogP contribution in [0.5, 0.6) is 0 Å². The quantitative estimate of drug-likeness (QED) is 0.702. The van der Waals surface area contributed by atoms with Crippen molar-refractivity contribution in [3.63, 3.8) is 0 Å². The van der Waals surface area contributed by atoms with Gasteiger partial charge < -0.3 is 5.32 Å². The van der Waals surface area contributed by atoms with Gasteiger partial charge in [0.2, 0.25) is 5.91 Å². The lowest BCUT2D eigenvalue weighted by Crippen LogP contribution is -2.32. The van der Waals surface area contributed by atoms with Gasteiger partial charge in [-0.05, 0) is 48.4 Å². The number of anilines is 1. The highest BCUT2D eigenvalue weighted by molar-refractivity contribution is 8.04. The summed E-state index contributed by atoms with van der Waals surface area (Å²) in [5.41, 5.74) is 1.65. The van der Waals surface area contributed by atoms with Gasteiger partial charge in [0.05, 0.1) is 10.5 Å². The molecule has 2 aromatic carbocycles. The van der Waals surface area contributed by atoms with Crippen molar-refractivity contribution in [1.82, 2.24) is 4.90 Å². The van der Waals surface area contributed by atoms with Gasteiger partial charge in [-0.2, -0.15) is 0 Å². The molecule has 2 aromatic rings. The summed E-state index contributed by atoms with van der Waals surface area (Å²) in [7, 11) is 0. The zero-order valence-electron chi connectivity index (χ0n) is 15.5. The zero-order chi connectivity index (χ0) is 20.3. The van der Waals surface area contributed by atoms with Crippen LogP contribution in [0.15, 0.2) is 58.3 Å². The number of hydrogen-bond donors (Lipinski definition) is 1. The van der Waals surface area contributed by atoms with E-state index in [0.29, 0.717) is 39.7 Å². The van der Waals surface area contributed by atoms with Crippen molar-refractivity contribution >= 4 is 52.3 Å². The molecule has 0 unspecified atom stereocenters. The highest BCUT2D eigenvalue weighted by atomic mass is 35.5. The first kappa shape index (κ1) is 20.2. The highest BCUT2D eigenvalue weighted by Crippen LogP contribution is 2.40. The van der Waals surface area contributed by atoms with Crippen molar-refractivity contribution in [2.75, 3.05) is 11.9 Å². The monoisotopic (exact) mass is 414 g/mol. The molecule has 3 rings (SSSR count). The SMILES string of the molecule is CCCN1C(=O)C(Sc2ccc(Cl)cc2)=C(c2ccc(NC(C)=O)cc2)C1=O. The number of carbonyl (C=O) groups excluding carboxylic acids is 3. The Balaban J connectivity index is 2.00. The zero-order valence-corrected chi connectivity index (χ0v) is 17.1. The normalized spacial score (nSPS) is 14.0. The van der Waals surface area contributed by atoms with Gasteiger partial charge in [0.15, 0.2) is 0 Å². The molecular formula is C21H19ClN2O3S. The Morgan fingerprint density at radius 3 is 2.25 bits per heavy atom. The average Bonchev–Trinajstić information content (AvgIpc) is 2.89. The number of nitrogens with one attached hydrogen (secondary N) is 1. The minimum Gasteiger partial charge on any atom is -0.326 e. The van der Waals surface area contributed by atoms with Gasteiger partial charge in [0, 0.05) is 29.1 Å². The third-order valence-corrected chi connectivity index (χ3v) is 5.44. The molecule has 1 aliphatic rings. The van der Waals surface area contributed by atoms with Gasteiger partial charge >= 0.3 is 0 Å². The molecule has 0 fully saturated rings. The predicted octanol–water partition coefficient (Wildman–Crippen LogP) is 4.58. The number of carbonyl (C=O) groups is 3. The van der Waals surface area contributed by atoms with E-state index in [-0.39, 0.29) is 17.7 Å². The summed E-state index contributed by atoms with van der Waals surface area (Å²) >= 11 is 7.20. The lowest BCUT2D eigenvalue weighted by atomic mass is 10.1. The van der Waals surface area contributed by atoms with Crippen molar-refractivity contribution in [3.05, 3.63) is 64.0 Å². The maximum absolute atomic E-state index is 13.0. The van der Waals surface area contributed by atoms with Crippen molar-refractivity contribution in [2.24, 2.45) is 0 Å². The smallest absolute Gasteiger partial charge is 0.268 e. The van der Waals surface area contributed by atoms with E-state index >= 15 is 0 Å². The van der Waals surface area contributed by atoms with E-state index in [9.17, 15) is 14.4 Å². The predicted molar refractivity (Wildman–Crippen MR) is 112 cm³/mol. The van der Waals surface area contributed by atoms with E-state index < -0.39 is 0 Å². The first-order chi connectivity index (χ1) is 13.4. The van der Waals surface area contributed by atoms with E-state index in [4.69, 9.17) is 11.6 Å². The Hall–Kier alpha value is -2.57. The Morgan fingerprint density at radius 1 is 1.04 bits per heavy atom. The molecule has 7 heteroatoms. The van der Waals surface area contributed by atoms with E-state index in [1.54, 1.807) is 36.4 Å². The molecule has 1 heterocycles. The first-order valence-corrected chi connectivity index (χ1v) is 10.0. The number of benzene rings is 2. The summed E-state index contributed by atoms with van der Waals surface area (Å²) in [6, 6.07) is 14.0. The fourth-order valence-electron chi connectivity index (χ4n) is 2.87. The Labute approximate surface area is 172 Å². The van der Waals surface area contributed by atoms with Crippen molar-refractivity contribution in [2.45, 2.75) is 25.2 Å². The molecule has 1 N–H and O–H groups in total. The molecule has 0 spiro atoms. The lowest BCUT2D eigenvalue weighted by molar-refractivity contribution is -0.136. The average molecular weight is 415 g/mol. The molecule has 0 atom stereocenters. The maximum atomic E-state index is 13.0. The third-order valence-electron chi connectivity index (χ3n) is 4.10. The van der Waals surface area contributed by atoms with Crippen LogP contribution in [0.2, 0.25) is 5.02 Å². The number of thioether (sulfide) groups is 1. The van der Waals surface area contributed by atoms with E-state index in [0.717, 1.165) is 4.90 Å². The largest absolute Gasteiger partial charge is 0.326 e. The third kappa shape index (κ3) is 4.29. The van der Waals surface area contributed by atoms with Gasteiger partial charge in [0.25, 0.3) is 11.8 Å². The van der Waals surface area contributed by atoms with Crippen LogP contribution in [0.3, 0.4) is 0 Å². The number of amides is 3. The van der Waals surface area contributed by atoms with Crippen LogP contribution >= 0.6 is 23.4 Å². The topological polar surface area (TPSA) is 66.5 Å².